The van der Waals surface area contributed by atoms with Crippen LogP contribution >= 0.6 is 0 Å². The number of carbonyl (C=O) groups excluding carboxylic acids is 1. The SMILES string of the molecule is Cn1cc(N2CC3(CNCCOC3)OCC2=O)cn1. The van der Waals surface area contributed by atoms with Crippen LogP contribution in [0.4, 0.5) is 5.69 Å². The summed E-state index contributed by atoms with van der Waals surface area (Å²) in [6.07, 6.45) is 3.53. The third kappa shape index (κ3) is 2.49. The van der Waals surface area contributed by atoms with Crippen LogP contribution in [-0.4, -0.2) is 60.7 Å². The fraction of sp³-hybridized carbons (Fsp3) is 0.667. The van der Waals surface area contributed by atoms with Crippen molar-refractivity contribution in [1.29, 1.82) is 0 Å². The molecule has 0 radical (unpaired) electrons. The molecule has 3 rings (SSSR count). The number of ether oxygens (including phenoxy) is 2. The Balaban J connectivity index is 1.81. The van der Waals surface area contributed by atoms with Crippen molar-refractivity contribution in [2.24, 2.45) is 7.05 Å². The molecule has 0 saturated carbocycles. The summed E-state index contributed by atoms with van der Waals surface area (Å²) in [6.45, 7) is 3.25. The van der Waals surface area contributed by atoms with Crippen LogP contribution in [0, 0.1) is 0 Å². The standard InChI is InChI=1S/C12H18N4O3/c1-15-5-10(4-14-15)16-8-12(19-6-11(16)17)7-13-2-3-18-9-12/h4-5,13H,2-3,6-9H2,1H3. The number of hydrogen-bond acceptors (Lipinski definition) is 5. The average Bonchev–Trinajstić information content (AvgIpc) is 2.71. The smallest absolute Gasteiger partial charge is 0.253 e. The van der Waals surface area contributed by atoms with Gasteiger partial charge in [-0.25, -0.2) is 0 Å². The topological polar surface area (TPSA) is 68.6 Å². The van der Waals surface area contributed by atoms with E-state index in [0.717, 1.165) is 12.2 Å². The van der Waals surface area contributed by atoms with Gasteiger partial charge >= 0.3 is 0 Å². The van der Waals surface area contributed by atoms with Crippen molar-refractivity contribution in [3.8, 4) is 0 Å². The van der Waals surface area contributed by atoms with Crippen molar-refractivity contribution in [2.45, 2.75) is 5.60 Å². The quantitative estimate of drug-likeness (QED) is 0.716. The molecule has 1 unspecified atom stereocenters. The first-order chi connectivity index (χ1) is 9.19. The molecule has 1 atom stereocenters. The van der Waals surface area contributed by atoms with Crippen LogP contribution < -0.4 is 10.2 Å². The number of nitrogens with zero attached hydrogens (tertiary/aromatic N) is 3. The molecule has 7 heteroatoms. The van der Waals surface area contributed by atoms with Gasteiger partial charge in [0.25, 0.3) is 5.91 Å². The minimum absolute atomic E-state index is 0.0390. The van der Waals surface area contributed by atoms with Crippen LogP contribution in [0.5, 0.6) is 0 Å². The molecule has 1 spiro atoms. The summed E-state index contributed by atoms with van der Waals surface area (Å²) in [5.74, 6) is -0.0390. The highest BCUT2D eigenvalue weighted by Gasteiger charge is 2.41. The van der Waals surface area contributed by atoms with Crippen LogP contribution in [0.3, 0.4) is 0 Å². The lowest BCUT2D eigenvalue weighted by Crippen LogP contribution is -2.60. The van der Waals surface area contributed by atoms with E-state index < -0.39 is 5.60 Å². The molecule has 0 aromatic carbocycles. The van der Waals surface area contributed by atoms with E-state index in [4.69, 9.17) is 9.47 Å². The van der Waals surface area contributed by atoms with Crippen LogP contribution in [-0.2, 0) is 21.3 Å². The van der Waals surface area contributed by atoms with Gasteiger partial charge in [0, 0.05) is 26.3 Å². The molecule has 104 valence electrons. The van der Waals surface area contributed by atoms with Gasteiger partial charge in [0.1, 0.15) is 12.2 Å². The van der Waals surface area contributed by atoms with Gasteiger partial charge in [0.15, 0.2) is 0 Å². The van der Waals surface area contributed by atoms with E-state index >= 15 is 0 Å². The van der Waals surface area contributed by atoms with E-state index in [1.165, 1.54) is 0 Å². The minimum atomic E-state index is -0.458. The Morgan fingerprint density at radius 3 is 3.21 bits per heavy atom. The van der Waals surface area contributed by atoms with Crippen molar-refractivity contribution in [3.05, 3.63) is 12.4 Å². The predicted octanol–water partition coefficient (Wildman–Crippen LogP) is -0.858. The molecule has 1 aromatic heterocycles. The first-order valence-corrected chi connectivity index (χ1v) is 6.40. The maximum Gasteiger partial charge on any atom is 0.253 e. The molecule has 0 bridgehead atoms. The number of morpholine rings is 1. The van der Waals surface area contributed by atoms with Crippen molar-refractivity contribution >= 4 is 11.6 Å². The van der Waals surface area contributed by atoms with Crippen molar-refractivity contribution < 1.29 is 14.3 Å². The van der Waals surface area contributed by atoms with E-state index in [1.807, 2.05) is 13.2 Å². The summed E-state index contributed by atoms with van der Waals surface area (Å²) in [4.78, 5) is 13.7. The number of nitrogens with one attached hydrogen (secondary N) is 1. The Hall–Kier alpha value is -1.44. The number of aryl methyl sites for hydroxylation is 1. The highest BCUT2D eigenvalue weighted by molar-refractivity contribution is 5.94. The second-order valence-electron chi connectivity index (χ2n) is 5.05. The molecule has 2 fully saturated rings. The van der Waals surface area contributed by atoms with E-state index in [2.05, 4.69) is 10.4 Å². The molecule has 3 heterocycles. The third-order valence-electron chi connectivity index (χ3n) is 3.49. The molecular formula is C12H18N4O3. The molecule has 19 heavy (non-hydrogen) atoms. The lowest BCUT2D eigenvalue weighted by Gasteiger charge is -2.40. The van der Waals surface area contributed by atoms with Crippen LogP contribution in [0.25, 0.3) is 0 Å². The molecule has 1 aromatic rings. The summed E-state index contributed by atoms with van der Waals surface area (Å²) >= 11 is 0. The lowest BCUT2D eigenvalue weighted by molar-refractivity contribution is -0.144. The minimum Gasteiger partial charge on any atom is -0.377 e. The largest absolute Gasteiger partial charge is 0.377 e. The summed E-state index contributed by atoms with van der Waals surface area (Å²) in [7, 11) is 1.83. The number of anilines is 1. The highest BCUT2D eigenvalue weighted by Crippen LogP contribution is 2.24. The zero-order chi connectivity index (χ0) is 13.3. The first kappa shape index (κ1) is 12.6. The maximum absolute atomic E-state index is 12.0. The molecular weight excluding hydrogens is 248 g/mol. The number of hydrogen-bond donors (Lipinski definition) is 1. The van der Waals surface area contributed by atoms with E-state index in [9.17, 15) is 4.79 Å². The lowest BCUT2D eigenvalue weighted by atomic mass is 10.0. The summed E-state index contributed by atoms with van der Waals surface area (Å²) in [5.41, 5.74) is 0.347. The molecule has 2 aliphatic heterocycles. The zero-order valence-electron chi connectivity index (χ0n) is 11.0. The Morgan fingerprint density at radius 1 is 1.53 bits per heavy atom. The van der Waals surface area contributed by atoms with Gasteiger partial charge in [0.05, 0.1) is 31.6 Å². The first-order valence-electron chi connectivity index (χ1n) is 6.40. The van der Waals surface area contributed by atoms with Gasteiger partial charge in [-0.15, -0.1) is 0 Å². The third-order valence-corrected chi connectivity index (χ3v) is 3.49. The van der Waals surface area contributed by atoms with E-state index in [-0.39, 0.29) is 12.5 Å². The Labute approximate surface area is 111 Å². The Kier molecular flexibility index (Phi) is 3.26. The van der Waals surface area contributed by atoms with E-state index in [1.54, 1.807) is 15.8 Å². The van der Waals surface area contributed by atoms with Crippen molar-refractivity contribution in [2.75, 3.05) is 44.4 Å². The fourth-order valence-corrected chi connectivity index (χ4v) is 2.46. The van der Waals surface area contributed by atoms with Gasteiger partial charge in [-0.05, 0) is 0 Å². The number of amides is 1. The highest BCUT2D eigenvalue weighted by atomic mass is 16.5. The second-order valence-corrected chi connectivity index (χ2v) is 5.05. The maximum atomic E-state index is 12.0. The molecule has 1 amide bonds. The fourth-order valence-electron chi connectivity index (χ4n) is 2.46. The van der Waals surface area contributed by atoms with Crippen molar-refractivity contribution in [1.82, 2.24) is 15.1 Å². The van der Waals surface area contributed by atoms with Crippen LogP contribution in [0.15, 0.2) is 12.4 Å². The van der Waals surface area contributed by atoms with Gasteiger partial charge in [-0.2, -0.15) is 5.10 Å². The monoisotopic (exact) mass is 266 g/mol. The Bertz CT molecular complexity index is 465. The summed E-state index contributed by atoms with van der Waals surface area (Å²) in [6, 6.07) is 0. The predicted molar refractivity (Wildman–Crippen MR) is 67.9 cm³/mol. The number of carbonyl (C=O) groups is 1. The molecule has 0 aliphatic carbocycles. The normalized spacial score (nSPS) is 28.7. The molecule has 7 nitrogen and oxygen atoms in total. The molecule has 2 aliphatic rings. The number of aromatic nitrogens is 2. The average molecular weight is 266 g/mol. The Morgan fingerprint density at radius 2 is 2.42 bits per heavy atom. The second kappa shape index (κ2) is 4.92. The van der Waals surface area contributed by atoms with Gasteiger partial charge in [-0.1, -0.05) is 0 Å². The molecule has 1 N–H and O–H groups in total. The van der Waals surface area contributed by atoms with Crippen LogP contribution in [0.1, 0.15) is 0 Å². The summed E-state index contributed by atoms with van der Waals surface area (Å²) < 4.78 is 13.0. The van der Waals surface area contributed by atoms with Crippen LogP contribution in [0.2, 0.25) is 0 Å². The van der Waals surface area contributed by atoms with Gasteiger partial charge < -0.3 is 19.7 Å². The van der Waals surface area contributed by atoms with Gasteiger partial charge in [0.2, 0.25) is 0 Å². The van der Waals surface area contributed by atoms with E-state index in [0.29, 0.717) is 26.3 Å². The molecule has 2 saturated heterocycles. The van der Waals surface area contributed by atoms with Crippen molar-refractivity contribution in [3.63, 3.8) is 0 Å². The number of rotatable bonds is 1. The summed E-state index contributed by atoms with van der Waals surface area (Å²) in [5, 5.41) is 7.40. The van der Waals surface area contributed by atoms with Gasteiger partial charge in [-0.3, -0.25) is 9.48 Å². The zero-order valence-corrected chi connectivity index (χ0v) is 11.0.